The van der Waals surface area contributed by atoms with Gasteiger partial charge in [-0.2, -0.15) is 0 Å². The second kappa shape index (κ2) is 12.2. The molecule has 2 amide bonds. The Morgan fingerprint density at radius 3 is 2.06 bits per heavy atom. The first-order valence-electron chi connectivity index (χ1n) is 11.6. The van der Waals surface area contributed by atoms with Gasteiger partial charge in [0, 0.05) is 13.6 Å². The van der Waals surface area contributed by atoms with E-state index in [-0.39, 0.29) is 17.3 Å². The Hall–Kier alpha value is -3.85. The van der Waals surface area contributed by atoms with Crippen LogP contribution in [0.5, 0.6) is 5.75 Å². The van der Waals surface area contributed by atoms with E-state index in [2.05, 4.69) is 5.32 Å². The van der Waals surface area contributed by atoms with Crippen molar-refractivity contribution in [3.63, 3.8) is 0 Å². The van der Waals surface area contributed by atoms with Crippen molar-refractivity contribution in [1.82, 2.24) is 10.2 Å². The SMILES string of the molecule is CCOc1ccc(N(CC(=O)N(Cc2ccccc2)[C@@H](C)C(=O)NC)S(=O)(=O)c2ccccc2)cc1. The summed E-state index contributed by atoms with van der Waals surface area (Å²) in [5.74, 6) is -0.273. The average Bonchev–Trinajstić information content (AvgIpc) is 2.91. The summed E-state index contributed by atoms with van der Waals surface area (Å²) in [5.41, 5.74) is 1.13. The highest BCUT2D eigenvalue weighted by molar-refractivity contribution is 7.92. The second-order valence-corrected chi connectivity index (χ2v) is 9.91. The van der Waals surface area contributed by atoms with Crippen molar-refractivity contribution in [2.24, 2.45) is 0 Å². The Balaban J connectivity index is 2.00. The monoisotopic (exact) mass is 509 g/mol. The minimum Gasteiger partial charge on any atom is -0.494 e. The first-order valence-corrected chi connectivity index (χ1v) is 13.1. The van der Waals surface area contributed by atoms with Crippen LogP contribution in [0.2, 0.25) is 0 Å². The number of ether oxygens (including phenoxy) is 1. The number of sulfonamides is 1. The predicted molar refractivity (Wildman–Crippen MR) is 139 cm³/mol. The van der Waals surface area contributed by atoms with Gasteiger partial charge in [-0.1, -0.05) is 48.5 Å². The number of hydrogen-bond donors (Lipinski definition) is 1. The highest BCUT2D eigenvalue weighted by atomic mass is 32.2. The molecular weight excluding hydrogens is 478 g/mol. The molecule has 8 nitrogen and oxygen atoms in total. The average molecular weight is 510 g/mol. The van der Waals surface area contributed by atoms with E-state index in [4.69, 9.17) is 4.74 Å². The smallest absolute Gasteiger partial charge is 0.264 e. The lowest BCUT2D eigenvalue weighted by atomic mass is 10.1. The molecule has 0 saturated heterocycles. The number of nitrogens with one attached hydrogen (secondary N) is 1. The van der Waals surface area contributed by atoms with Crippen LogP contribution in [-0.2, 0) is 26.2 Å². The van der Waals surface area contributed by atoms with E-state index < -0.39 is 28.5 Å². The second-order valence-electron chi connectivity index (χ2n) is 8.05. The van der Waals surface area contributed by atoms with E-state index in [0.717, 1.165) is 9.87 Å². The molecule has 0 heterocycles. The van der Waals surface area contributed by atoms with Crippen LogP contribution in [0.3, 0.4) is 0 Å². The van der Waals surface area contributed by atoms with Gasteiger partial charge in [0.2, 0.25) is 11.8 Å². The fourth-order valence-corrected chi connectivity index (χ4v) is 5.13. The van der Waals surface area contributed by atoms with E-state index in [0.29, 0.717) is 18.0 Å². The maximum absolute atomic E-state index is 13.7. The van der Waals surface area contributed by atoms with E-state index in [1.807, 2.05) is 37.3 Å². The molecule has 3 rings (SSSR count). The summed E-state index contributed by atoms with van der Waals surface area (Å²) in [5, 5.41) is 2.57. The summed E-state index contributed by atoms with van der Waals surface area (Å²) in [4.78, 5) is 27.6. The van der Waals surface area contributed by atoms with Gasteiger partial charge in [0.15, 0.2) is 0 Å². The van der Waals surface area contributed by atoms with Gasteiger partial charge in [-0.15, -0.1) is 0 Å². The van der Waals surface area contributed by atoms with Gasteiger partial charge in [0.25, 0.3) is 10.0 Å². The minimum atomic E-state index is -4.09. The molecule has 0 aromatic heterocycles. The fourth-order valence-electron chi connectivity index (χ4n) is 3.70. The Labute approximate surface area is 212 Å². The summed E-state index contributed by atoms with van der Waals surface area (Å²) >= 11 is 0. The van der Waals surface area contributed by atoms with Gasteiger partial charge in [-0.25, -0.2) is 8.42 Å². The molecular formula is C27H31N3O5S. The van der Waals surface area contributed by atoms with E-state index >= 15 is 0 Å². The Bertz CT molecular complexity index is 1250. The number of hydrogen-bond acceptors (Lipinski definition) is 5. The van der Waals surface area contributed by atoms with Crippen molar-refractivity contribution in [2.75, 3.05) is 24.5 Å². The molecule has 0 spiro atoms. The summed E-state index contributed by atoms with van der Waals surface area (Å²) in [6.07, 6.45) is 0. The molecule has 0 radical (unpaired) electrons. The quantitative estimate of drug-likeness (QED) is 0.427. The van der Waals surface area contributed by atoms with Crippen LogP contribution < -0.4 is 14.4 Å². The van der Waals surface area contributed by atoms with Crippen molar-refractivity contribution in [2.45, 2.75) is 31.3 Å². The zero-order valence-corrected chi connectivity index (χ0v) is 21.4. The number of carbonyl (C=O) groups excluding carboxylic acids is 2. The number of nitrogens with zero attached hydrogens (tertiary/aromatic N) is 2. The van der Waals surface area contributed by atoms with Gasteiger partial charge in [0.05, 0.1) is 17.2 Å². The standard InChI is InChI=1S/C27H31N3O5S/c1-4-35-24-17-15-23(16-18-24)30(36(33,34)25-13-9-6-10-14-25)20-26(31)29(21(2)27(32)28-3)19-22-11-7-5-8-12-22/h5-18,21H,4,19-20H2,1-3H3,(H,28,32)/t21-/m0/s1. The van der Waals surface area contributed by atoms with Gasteiger partial charge in [-0.05, 0) is 55.8 Å². The van der Waals surface area contributed by atoms with Crippen molar-refractivity contribution in [3.8, 4) is 5.75 Å². The van der Waals surface area contributed by atoms with Crippen molar-refractivity contribution >= 4 is 27.5 Å². The number of rotatable bonds is 11. The zero-order valence-electron chi connectivity index (χ0n) is 20.6. The van der Waals surface area contributed by atoms with Crippen molar-refractivity contribution in [1.29, 1.82) is 0 Å². The number of anilines is 1. The lowest BCUT2D eigenvalue weighted by molar-refractivity contribution is -0.139. The predicted octanol–water partition coefficient (Wildman–Crippen LogP) is 3.44. The van der Waals surface area contributed by atoms with E-state index in [9.17, 15) is 18.0 Å². The molecule has 3 aromatic carbocycles. The Morgan fingerprint density at radius 2 is 1.50 bits per heavy atom. The molecule has 0 bridgehead atoms. The molecule has 0 aliphatic carbocycles. The fraction of sp³-hybridized carbons (Fsp3) is 0.259. The third-order valence-corrected chi connectivity index (χ3v) is 7.44. The van der Waals surface area contributed by atoms with E-state index in [1.54, 1.807) is 49.4 Å². The molecule has 0 aliphatic heterocycles. The highest BCUT2D eigenvalue weighted by Crippen LogP contribution is 2.26. The first kappa shape index (κ1) is 26.7. The van der Waals surface area contributed by atoms with Crippen LogP contribution >= 0.6 is 0 Å². The van der Waals surface area contributed by atoms with Crippen LogP contribution in [0.4, 0.5) is 5.69 Å². The lowest BCUT2D eigenvalue weighted by Crippen LogP contribution is -2.50. The van der Waals surface area contributed by atoms with Crippen LogP contribution in [0.25, 0.3) is 0 Å². The van der Waals surface area contributed by atoms with Crippen LogP contribution in [-0.4, -0.2) is 51.4 Å². The molecule has 36 heavy (non-hydrogen) atoms. The summed E-state index contributed by atoms with van der Waals surface area (Å²) in [7, 11) is -2.59. The third kappa shape index (κ3) is 6.42. The van der Waals surface area contributed by atoms with Crippen LogP contribution in [0.1, 0.15) is 19.4 Å². The maximum atomic E-state index is 13.7. The minimum absolute atomic E-state index is 0.0562. The van der Waals surface area contributed by atoms with Crippen LogP contribution in [0.15, 0.2) is 89.8 Å². The van der Waals surface area contributed by atoms with Gasteiger partial charge in [0.1, 0.15) is 18.3 Å². The number of likely N-dealkylation sites (N-methyl/N-ethyl adjacent to an activating group) is 1. The summed E-state index contributed by atoms with van der Waals surface area (Å²) in [6, 6.07) is 22.9. The normalized spacial score (nSPS) is 11.9. The first-order chi connectivity index (χ1) is 17.3. The topological polar surface area (TPSA) is 96.0 Å². The Kier molecular flexibility index (Phi) is 9.08. The highest BCUT2D eigenvalue weighted by Gasteiger charge is 2.32. The zero-order chi connectivity index (χ0) is 26.1. The van der Waals surface area contributed by atoms with Gasteiger partial charge in [-0.3, -0.25) is 13.9 Å². The number of amides is 2. The van der Waals surface area contributed by atoms with Gasteiger partial charge < -0.3 is 15.0 Å². The summed E-state index contributed by atoms with van der Waals surface area (Å²) in [6.45, 7) is 3.60. The van der Waals surface area contributed by atoms with Crippen molar-refractivity contribution in [3.05, 3.63) is 90.5 Å². The van der Waals surface area contributed by atoms with Crippen LogP contribution in [0, 0.1) is 0 Å². The molecule has 190 valence electrons. The Morgan fingerprint density at radius 1 is 0.917 bits per heavy atom. The maximum Gasteiger partial charge on any atom is 0.264 e. The third-order valence-electron chi connectivity index (χ3n) is 5.66. The summed E-state index contributed by atoms with van der Waals surface area (Å²) < 4.78 is 33.9. The molecule has 1 N–H and O–H groups in total. The van der Waals surface area contributed by atoms with Gasteiger partial charge >= 0.3 is 0 Å². The number of benzene rings is 3. The molecule has 3 aromatic rings. The van der Waals surface area contributed by atoms with Crippen molar-refractivity contribution < 1.29 is 22.7 Å². The molecule has 0 aliphatic rings. The molecule has 9 heteroatoms. The molecule has 0 fully saturated rings. The largest absolute Gasteiger partial charge is 0.494 e. The van der Waals surface area contributed by atoms with E-state index in [1.165, 1.54) is 24.1 Å². The molecule has 0 saturated carbocycles. The number of carbonyl (C=O) groups is 2. The lowest BCUT2D eigenvalue weighted by Gasteiger charge is -2.31. The molecule has 0 unspecified atom stereocenters. The molecule has 1 atom stereocenters.